The zero-order valence-electron chi connectivity index (χ0n) is 11.8. The molecule has 1 aromatic carbocycles. The normalized spacial score (nSPS) is 18.2. The van der Waals surface area contributed by atoms with Crippen molar-refractivity contribution in [1.29, 1.82) is 0 Å². The summed E-state index contributed by atoms with van der Waals surface area (Å²) in [6.07, 6.45) is 2.40. The number of carbonyl (C=O) groups excluding carboxylic acids is 1. The van der Waals surface area contributed by atoms with E-state index >= 15 is 0 Å². The largest absolute Gasteiger partial charge is 0.377 e. The number of nitrogens with zero attached hydrogens (tertiary/aromatic N) is 1. The molecule has 20 heavy (non-hydrogen) atoms. The zero-order valence-corrected chi connectivity index (χ0v) is 11.8. The van der Waals surface area contributed by atoms with Crippen molar-refractivity contribution in [3.8, 4) is 0 Å². The molecule has 1 amide bonds. The van der Waals surface area contributed by atoms with Gasteiger partial charge in [0.2, 0.25) is 5.91 Å². The Bertz CT molecular complexity index is 430. The highest BCUT2D eigenvalue weighted by molar-refractivity contribution is 5.77. The molecular weight excluding hydrogens is 259 g/mol. The first-order valence-corrected chi connectivity index (χ1v) is 6.96. The first-order chi connectivity index (χ1) is 9.65. The molecule has 5 heteroatoms. The van der Waals surface area contributed by atoms with Gasteiger partial charge in [0.05, 0.1) is 12.6 Å². The van der Waals surface area contributed by atoms with Crippen LogP contribution in [0.1, 0.15) is 18.4 Å². The number of nitrogens with one attached hydrogen (secondary N) is 1. The molecule has 1 atom stereocenters. The molecular formula is C15H21FN2O2. The lowest BCUT2D eigenvalue weighted by Gasteiger charge is -2.18. The van der Waals surface area contributed by atoms with Crippen molar-refractivity contribution in [2.24, 2.45) is 0 Å². The molecule has 0 aromatic heterocycles. The minimum absolute atomic E-state index is 0.0207. The fraction of sp³-hybridized carbons (Fsp3) is 0.533. The van der Waals surface area contributed by atoms with E-state index in [1.165, 1.54) is 12.1 Å². The number of amides is 1. The van der Waals surface area contributed by atoms with E-state index in [0.29, 0.717) is 13.1 Å². The van der Waals surface area contributed by atoms with E-state index in [1.807, 2.05) is 0 Å². The van der Waals surface area contributed by atoms with E-state index in [1.54, 1.807) is 24.1 Å². The Balaban J connectivity index is 1.69. The maximum absolute atomic E-state index is 12.8. The summed E-state index contributed by atoms with van der Waals surface area (Å²) in [7, 11) is 1.75. The van der Waals surface area contributed by atoms with Gasteiger partial charge < -0.3 is 15.0 Å². The quantitative estimate of drug-likeness (QED) is 0.859. The molecule has 2 rings (SSSR count). The Morgan fingerprint density at radius 1 is 1.45 bits per heavy atom. The Hall–Kier alpha value is -1.46. The van der Waals surface area contributed by atoms with Gasteiger partial charge in [0.1, 0.15) is 5.82 Å². The number of ether oxygens (including phenoxy) is 1. The summed E-state index contributed by atoms with van der Waals surface area (Å²) in [4.78, 5) is 13.6. The van der Waals surface area contributed by atoms with E-state index in [9.17, 15) is 9.18 Å². The van der Waals surface area contributed by atoms with Crippen molar-refractivity contribution in [2.45, 2.75) is 25.5 Å². The van der Waals surface area contributed by atoms with Crippen LogP contribution >= 0.6 is 0 Å². The third kappa shape index (κ3) is 4.58. The molecule has 1 unspecified atom stereocenters. The van der Waals surface area contributed by atoms with Crippen LogP contribution in [-0.4, -0.2) is 43.7 Å². The van der Waals surface area contributed by atoms with Crippen molar-refractivity contribution < 1.29 is 13.9 Å². The molecule has 1 N–H and O–H groups in total. The highest BCUT2D eigenvalue weighted by atomic mass is 19.1. The van der Waals surface area contributed by atoms with Gasteiger partial charge >= 0.3 is 0 Å². The summed E-state index contributed by atoms with van der Waals surface area (Å²) in [5, 5.41) is 3.13. The van der Waals surface area contributed by atoms with Crippen molar-refractivity contribution in [1.82, 2.24) is 10.2 Å². The van der Waals surface area contributed by atoms with Gasteiger partial charge in [0.25, 0.3) is 0 Å². The third-order valence-electron chi connectivity index (χ3n) is 3.43. The number of halogens is 1. The lowest BCUT2D eigenvalue weighted by molar-refractivity contribution is -0.129. The van der Waals surface area contributed by atoms with Gasteiger partial charge in [-0.15, -0.1) is 0 Å². The van der Waals surface area contributed by atoms with Crippen LogP contribution in [0.5, 0.6) is 0 Å². The number of benzene rings is 1. The molecule has 0 radical (unpaired) electrons. The molecule has 0 saturated carbocycles. The lowest BCUT2D eigenvalue weighted by Crippen LogP contribution is -2.38. The summed E-state index contributed by atoms with van der Waals surface area (Å²) in [5.74, 6) is -0.242. The van der Waals surface area contributed by atoms with Crippen LogP contribution in [0.15, 0.2) is 24.3 Å². The standard InChI is InChI=1S/C15H21FN2O2/c1-18(11-12-4-6-13(16)7-5-12)15(19)10-17-9-14-3-2-8-20-14/h4-7,14,17H,2-3,8-11H2,1H3. The zero-order chi connectivity index (χ0) is 14.4. The Morgan fingerprint density at radius 3 is 2.85 bits per heavy atom. The Kier molecular flexibility index (Phi) is 5.49. The second-order valence-corrected chi connectivity index (χ2v) is 5.14. The maximum Gasteiger partial charge on any atom is 0.236 e. The average Bonchev–Trinajstić information content (AvgIpc) is 2.94. The molecule has 1 aromatic rings. The van der Waals surface area contributed by atoms with Gasteiger partial charge in [-0.05, 0) is 30.5 Å². The van der Waals surface area contributed by atoms with Crippen LogP contribution in [0, 0.1) is 5.82 Å². The monoisotopic (exact) mass is 280 g/mol. The molecule has 1 saturated heterocycles. The fourth-order valence-corrected chi connectivity index (χ4v) is 2.23. The topological polar surface area (TPSA) is 41.6 Å². The number of hydrogen-bond acceptors (Lipinski definition) is 3. The summed E-state index contributed by atoms with van der Waals surface area (Å²) < 4.78 is 18.3. The minimum Gasteiger partial charge on any atom is -0.377 e. The van der Waals surface area contributed by atoms with Gasteiger partial charge in [0, 0.05) is 26.7 Å². The number of carbonyl (C=O) groups is 1. The molecule has 1 aliphatic rings. The third-order valence-corrected chi connectivity index (χ3v) is 3.43. The molecule has 0 spiro atoms. The minimum atomic E-state index is -0.263. The molecule has 1 aliphatic heterocycles. The van der Waals surface area contributed by atoms with Crippen LogP contribution in [0.3, 0.4) is 0 Å². The molecule has 0 bridgehead atoms. The number of hydrogen-bond donors (Lipinski definition) is 1. The van der Waals surface area contributed by atoms with Crippen molar-refractivity contribution >= 4 is 5.91 Å². The van der Waals surface area contributed by atoms with Gasteiger partial charge in [0.15, 0.2) is 0 Å². The van der Waals surface area contributed by atoms with Crippen LogP contribution < -0.4 is 5.32 Å². The first kappa shape index (κ1) is 14.9. The Morgan fingerprint density at radius 2 is 2.20 bits per heavy atom. The van der Waals surface area contributed by atoms with Crippen molar-refractivity contribution in [2.75, 3.05) is 26.7 Å². The molecule has 1 fully saturated rings. The highest BCUT2D eigenvalue weighted by Crippen LogP contribution is 2.10. The van der Waals surface area contributed by atoms with Crippen molar-refractivity contribution in [3.05, 3.63) is 35.6 Å². The first-order valence-electron chi connectivity index (χ1n) is 6.96. The molecule has 1 heterocycles. The molecule has 4 nitrogen and oxygen atoms in total. The predicted octanol–water partition coefficient (Wildman–Crippen LogP) is 1.55. The van der Waals surface area contributed by atoms with E-state index in [0.717, 1.165) is 31.6 Å². The summed E-state index contributed by atoms with van der Waals surface area (Å²) in [5.41, 5.74) is 0.918. The predicted molar refractivity (Wildman–Crippen MR) is 74.7 cm³/mol. The fourth-order valence-electron chi connectivity index (χ4n) is 2.23. The van der Waals surface area contributed by atoms with Gasteiger partial charge in [-0.2, -0.15) is 0 Å². The van der Waals surface area contributed by atoms with Crippen LogP contribution in [-0.2, 0) is 16.1 Å². The van der Waals surface area contributed by atoms with E-state index < -0.39 is 0 Å². The lowest BCUT2D eigenvalue weighted by atomic mass is 10.2. The second-order valence-electron chi connectivity index (χ2n) is 5.14. The van der Waals surface area contributed by atoms with E-state index in [2.05, 4.69) is 5.32 Å². The summed E-state index contributed by atoms with van der Waals surface area (Å²) in [6.45, 7) is 2.33. The van der Waals surface area contributed by atoms with Gasteiger partial charge in [-0.3, -0.25) is 4.79 Å². The highest BCUT2D eigenvalue weighted by Gasteiger charge is 2.16. The second kappa shape index (κ2) is 7.36. The van der Waals surface area contributed by atoms with Gasteiger partial charge in [-0.25, -0.2) is 4.39 Å². The SMILES string of the molecule is CN(Cc1ccc(F)cc1)C(=O)CNCC1CCCO1. The number of likely N-dealkylation sites (N-methyl/N-ethyl adjacent to an activating group) is 1. The van der Waals surface area contributed by atoms with E-state index in [4.69, 9.17) is 4.74 Å². The van der Waals surface area contributed by atoms with Crippen LogP contribution in [0.2, 0.25) is 0 Å². The summed E-state index contributed by atoms with van der Waals surface area (Å²) >= 11 is 0. The smallest absolute Gasteiger partial charge is 0.236 e. The number of rotatable bonds is 6. The van der Waals surface area contributed by atoms with Gasteiger partial charge in [-0.1, -0.05) is 12.1 Å². The maximum atomic E-state index is 12.8. The summed E-state index contributed by atoms with van der Waals surface area (Å²) in [6, 6.07) is 6.20. The molecule has 0 aliphatic carbocycles. The van der Waals surface area contributed by atoms with Crippen LogP contribution in [0.25, 0.3) is 0 Å². The molecule has 110 valence electrons. The average molecular weight is 280 g/mol. The van der Waals surface area contributed by atoms with Crippen LogP contribution in [0.4, 0.5) is 4.39 Å². The van der Waals surface area contributed by atoms with E-state index in [-0.39, 0.29) is 17.8 Å². The van der Waals surface area contributed by atoms with Crippen molar-refractivity contribution in [3.63, 3.8) is 0 Å². The Labute approximate surface area is 118 Å².